The van der Waals surface area contributed by atoms with Gasteiger partial charge in [-0.3, -0.25) is 4.79 Å². The summed E-state index contributed by atoms with van der Waals surface area (Å²) in [5.74, 6) is 0.0150. The van der Waals surface area contributed by atoms with E-state index >= 15 is 0 Å². The molecule has 1 aliphatic rings. The van der Waals surface area contributed by atoms with Crippen molar-refractivity contribution in [3.05, 3.63) is 0 Å². The van der Waals surface area contributed by atoms with Crippen molar-refractivity contribution in [3.63, 3.8) is 0 Å². The highest BCUT2D eigenvalue weighted by molar-refractivity contribution is 5.82. The van der Waals surface area contributed by atoms with Gasteiger partial charge in [-0.15, -0.1) is 0 Å². The minimum absolute atomic E-state index is 0.00710. The van der Waals surface area contributed by atoms with Crippen LogP contribution in [0, 0.1) is 0 Å². The molecule has 0 aliphatic carbocycles. The minimum Gasteiger partial charge on any atom is -0.395 e. The number of aliphatic hydroxyl groups is 1. The highest BCUT2D eigenvalue weighted by atomic mass is 16.5. The Morgan fingerprint density at radius 3 is 3.00 bits per heavy atom. The van der Waals surface area contributed by atoms with Crippen LogP contribution < -0.4 is 5.32 Å². The molecule has 1 saturated heterocycles. The normalized spacial score (nSPS) is 22.0. The van der Waals surface area contributed by atoms with Gasteiger partial charge in [-0.05, 0) is 6.92 Å². The lowest BCUT2D eigenvalue weighted by molar-refractivity contribution is -0.136. The number of carbonyl (C=O) groups is 1. The number of hydrogen-bond acceptors (Lipinski definition) is 4. The molecule has 0 radical (unpaired) electrons. The molecule has 1 rings (SSSR count). The van der Waals surface area contributed by atoms with Gasteiger partial charge in [0, 0.05) is 19.6 Å². The van der Waals surface area contributed by atoms with Crippen LogP contribution in [0.4, 0.5) is 0 Å². The summed E-state index contributed by atoms with van der Waals surface area (Å²) in [6.45, 7) is 4.74. The van der Waals surface area contributed by atoms with Crippen LogP contribution >= 0.6 is 0 Å². The molecule has 1 atom stereocenters. The summed E-state index contributed by atoms with van der Waals surface area (Å²) in [4.78, 5) is 13.4. The van der Waals surface area contributed by atoms with Gasteiger partial charge in [0.25, 0.3) is 0 Å². The molecule has 1 unspecified atom stereocenters. The van der Waals surface area contributed by atoms with Crippen LogP contribution in [0.15, 0.2) is 0 Å². The van der Waals surface area contributed by atoms with Crippen LogP contribution in [-0.4, -0.2) is 61.4 Å². The molecule has 0 aromatic heterocycles. The molecule has 5 nitrogen and oxygen atoms in total. The first-order chi connectivity index (χ1) is 6.79. The SMILES string of the molecule is CCN(CCO)C(=O)C1COCCN1. The van der Waals surface area contributed by atoms with E-state index in [0.29, 0.717) is 32.8 Å². The van der Waals surface area contributed by atoms with Crippen molar-refractivity contribution in [2.75, 3.05) is 39.5 Å². The van der Waals surface area contributed by atoms with Crippen molar-refractivity contribution in [1.82, 2.24) is 10.2 Å². The lowest BCUT2D eigenvalue weighted by Gasteiger charge is -2.28. The minimum atomic E-state index is -0.241. The smallest absolute Gasteiger partial charge is 0.242 e. The summed E-state index contributed by atoms with van der Waals surface area (Å²) in [6.07, 6.45) is 0. The highest BCUT2D eigenvalue weighted by Crippen LogP contribution is 1.99. The summed E-state index contributed by atoms with van der Waals surface area (Å²) >= 11 is 0. The maximum Gasteiger partial charge on any atom is 0.242 e. The molecule has 2 N–H and O–H groups in total. The Morgan fingerprint density at radius 1 is 1.71 bits per heavy atom. The predicted molar refractivity (Wildman–Crippen MR) is 51.9 cm³/mol. The van der Waals surface area contributed by atoms with E-state index in [4.69, 9.17) is 9.84 Å². The van der Waals surface area contributed by atoms with Crippen molar-refractivity contribution < 1.29 is 14.6 Å². The van der Waals surface area contributed by atoms with Crippen LogP contribution in [0.1, 0.15) is 6.92 Å². The zero-order chi connectivity index (χ0) is 10.4. The predicted octanol–water partition coefficient (Wildman–Crippen LogP) is -1.18. The number of aliphatic hydroxyl groups excluding tert-OH is 1. The number of likely N-dealkylation sites (N-methyl/N-ethyl adjacent to an activating group) is 1. The number of amides is 1. The Labute approximate surface area is 84.0 Å². The second-order valence-electron chi connectivity index (χ2n) is 3.22. The number of nitrogens with zero attached hydrogens (tertiary/aromatic N) is 1. The molecule has 1 aliphatic heterocycles. The van der Waals surface area contributed by atoms with Gasteiger partial charge < -0.3 is 20.1 Å². The number of morpholine rings is 1. The van der Waals surface area contributed by atoms with Crippen LogP contribution in [0.5, 0.6) is 0 Å². The summed E-state index contributed by atoms with van der Waals surface area (Å²) in [5.41, 5.74) is 0. The van der Waals surface area contributed by atoms with E-state index in [1.807, 2.05) is 6.92 Å². The van der Waals surface area contributed by atoms with Gasteiger partial charge in [-0.1, -0.05) is 0 Å². The maximum atomic E-state index is 11.8. The third-order valence-corrected chi connectivity index (χ3v) is 2.28. The fraction of sp³-hybridized carbons (Fsp3) is 0.889. The summed E-state index contributed by atoms with van der Waals surface area (Å²) in [5, 5.41) is 11.9. The Bertz CT molecular complexity index is 174. The Kier molecular flexibility index (Phi) is 4.86. The van der Waals surface area contributed by atoms with E-state index in [1.54, 1.807) is 4.90 Å². The van der Waals surface area contributed by atoms with E-state index in [0.717, 1.165) is 0 Å². The largest absolute Gasteiger partial charge is 0.395 e. The van der Waals surface area contributed by atoms with Gasteiger partial charge in [0.1, 0.15) is 6.04 Å². The first-order valence-electron chi connectivity index (χ1n) is 5.00. The molecule has 0 aromatic rings. The Morgan fingerprint density at radius 2 is 2.50 bits per heavy atom. The van der Waals surface area contributed by atoms with Gasteiger partial charge in [-0.2, -0.15) is 0 Å². The van der Waals surface area contributed by atoms with Gasteiger partial charge in [0.2, 0.25) is 5.91 Å². The van der Waals surface area contributed by atoms with E-state index in [9.17, 15) is 4.79 Å². The topological polar surface area (TPSA) is 61.8 Å². The molecular formula is C9H18N2O3. The lowest BCUT2D eigenvalue weighted by atomic mass is 10.2. The molecule has 1 fully saturated rings. The second kappa shape index (κ2) is 5.95. The fourth-order valence-corrected chi connectivity index (χ4v) is 1.49. The van der Waals surface area contributed by atoms with Crippen LogP contribution in [0.2, 0.25) is 0 Å². The molecule has 0 saturated carbocycles. The number of ether oxygens (including phenoxy) is 1. The summed E-state index contributed by atoms with van der Waals surface area (Å²) in [6, 6.07) is -0.241. The number of nitrogens with one attached hydrogen (secondary N) is 1. The summed E-state index contributed by atoms with van der Waals surface area (Å²) in [7, 11) is 0. The van der Waals surface area contributed by atoms with E-state index in [1.165, 1.54) is 0 Å². The maximum absolute atomic E-state index is 11.8. The monoisotopic (exact) mass is 202 g/mol. The first kappa shape index (κ1) is 11.4. The van der Waals surface area contributed by atoms with Gasteiger partial charge in [0.15, 0.2) is 0 Å². The zero-order valence-electron chi connectivity index (χ0n) is 8.53. The first-order valence-corrected chi connectivity index (χ1v) is 5.00. The second-order valence-corrected chi connectivity index (χ2v) is 3.22. The summed E-state index contributed by atoms with van der Waals surface area (Å²) < 4.78 is 5.20. The van der Waals surface area contributed by atoms with Crippen LogP contribution in [-0.2, 0) is 9.53 Å². The van der Waals surface area contributed by atoms with E-state index in [-0.39, 0.29) is 18.6 Å². The van der Waals surface area contributed by atoms with Crippen molar-refractivity contribution in [2.45, 2.75) is 13.0 Å². The molecular weight excluding hydrogens is 184 g/mol. The molecule has 0 aromatic carbocycles. The van der Waals surface area contributed by atoms with E-state index < -0.39 is 0 Å². The zero-order valence-corrected chi connectivity index (χ0v) is 8.53. The van der Waals surface area contributed by atoms with Gasteiger partial charge in [0.05, 0.1) is 19.8 Å². The van der Waals surface area contributed by atoms with Crippen molar-refractivity contribution in [2.24, 2.45) is 0 Å². The van der Waals surface area contributed by atoms with Crippen LogP contribution in [0.3, 0.4) is 0 Å². The third-order valence-electron chi connectivity index (χ3n) is 2.28. The molecule has 5 heteroatoms. The Balaban J connectivity index is 2.43. The number of carbonyl (C=O) groups excluding carboxylic acids is 1. The van der Waals surface area contributed by atoms with Gasteiger partial charge >= 0.3 is 0 Å². The number of rotatable bonds is 4. The van der Waals surface area contributed by atoms with Crippen molar-refractivity contribution in [1.29, 1.82) is 0 Å². The average molecular weight is 202 g/mol. The van der Waals surface area contributed by atoms with Crippen molar-refractivity contribution >= 4 is 5.91 Å². The fourth-order valence-electron chi connectivity index (χ4n) is 1.49. The van der Waals surface area contributed by atoms with Crippen LogP contribution in [0.25, 0.3) is 0 Å². The van der Waals surface area contributed by atoms with E-state index in [2.05, 4.69) is 5.32 Å². The standard InChI is InChI=1S/C9H18N2O3/c1-2-11(4-5-12)9(13)8-7-14-6-3-10-8/h8,10,12H,2-7H2,1H3. The third kappa shape index (κ3) is 2.94. The molecule has 1 heterocycles. The highest BCUT2D eigenvalue weighted by Gasteiger charge is 2.24. The van der Waals surface area contributed by atoms with Crippen molar-refractivity contribution in [3.8, 4) is 0 Å². The average Bonchev–Trinajstić information content (AvgIpc) is 2.26. The number of hydrogen-bond donors (Lipinski definition) is 2. The molecule has 0 spiro atoms. The molecule has 14 heavy (non-hydrogen) atoms. The van der Waals surface area contributed by atoms with Gasteiger partial charge in [-0.25, -0.2) is 0 Å². The Hall–Kier alpha value is -0.650. The molecule has 0 bridgehead atoms. The molecule has 1 amide bonds. The lowest BCUT2D eigenvalue weighted by Crippen LogP contribution is -2.53. The molecule has 82 valence electrons. The quantitative estimate of drug-likeness (QED) is 0.602.